The second kappa shape index (κ2) is 5.91. The monoisotopic (exact) mass is 382 g/mol. The number of hydrogen-bond acceptors (Lipinski definition) is 6. The molecular formula is C22H26N2O4. The standard InChI is InChI=1S/C22H26N2O4/c1-4-13-11-24-8-7-21-16-9-14(27-2)5-6-17(16)23-19(21)18(24)10-15(13)22(21,12-25)20(26)28-3/h4-6,9,15,18,25H,7-8,10-12H2,1-3H3/t15-,18-,21+,22-/m0/s1. The zero-order chi connectivity index (χ0) is 19.7. The van der Waals surface area contributed by atoms with Crippen LogP contribution >= 0.6 is 0 Å². The van der Waals surface area contributed by atoms with Crippen molar-refractivity contribution in [2.45, 2.75) is 31.2 Å². The van der Waals surface area contributed by atoms with E-state index in [-0.39, 0.29) is 24.5 Å². The molecule has 0 unspecified atom stereocenters. The van der Waals surface area contributed by atoms with E-state index in [0.29, 0.717) is 0 Å². The van der Waals surface area contributed by atoms with E-state index in [1.54, 1.807) is 7.11 Å². The molecule has 1 aliphatic carbocycles. The van der Waals surface area contributed by atoms with E-state index in [0.717, 1.165) is 48.6 Å². The van der Waals surface area contributed by atoms with Crippen molar-refractivity contribution in [3.8, 4) is 5.75 Å². The number of allylic oxidation sites excluding steroid dienone is 1. The molecule has 2 saturated heterocycles. The highest BCUT2D eigenvalue weighted by atomic mass is 16.5. The lowest BCUT2D eigenvalue weighted by Gasteiger charge is -2.64. The van der Waals surface area contributed by atoms with Gasteiger partial charge in [-0.2, -0.15) is 0 Å². The Labute approximate surface area is 164 Å². The molecule has 4 aliphatic rings. The van der Waals surface area contributed by atoms with Gasteiger partial charge < -0.3 is 14.6 Å². The van der Waals surface area contributed by atoms with Crippen LogP contribution in [0.25, 0.3) is 0 Å². The van der Waals surface area contributed by atoms with E-state index >= 15 is 0 Å². The number of piperidine rings is 2. The number of carbonyl (C=O) groups excluding carboxylic acids is 1. The molecule has 0 spiro atoms. The molecule has 0 aromatic heterocycles. The number of rotatable bonds is 3. The summed E-state index contributed by atoms with van der Waals surface area (Å²) in [6.07, 6.45) is 3.65. The van der Waals surface area contributed by atoms with Gasteiger partial charge in [-0.3, -0.25) is 14.7 Å². The number of nitrogens with zero attached hydrogens (tertiary/aromatic N) is 2. The number of hydrogen-bond donors (Lipinski definition) is 1. The molecule has 1 aromatic carbocycles. The smallest absolute Gasteiger partial charge is 0.316 e. The fraction of sp³-hybridized carbons (Fsp3) is 0.545. The fourth-order valence-corrected chi connectivity index (χ4v) is 6.48. The van der Waals surface area contributed by atoms with Gasteiger partial charge in [0.1, 0.15) is 11.2 Å². The lowest BCUT2D eigenvalue weighted by atomic mass is 9.43. The zero-order valence-corrected chi connectivity index (χ0v) is 16.6. The largest absolute Gasteiger partial charge is 0.497 e. The summed E-state index contributed by atoms with van der Waals surface area (Å²) in [7, 11) is 3.07. The molecule has 3 fully saturated rings. The molecule has 1 aromatic rings. The SMILES string of the molecule is CC=C1CN2CC[C@]34C(=Nc5ccc(OC)cc53)[C@@H]2C[C@@H]1[C@@]4(CO)C(=O)OC. The highest BCUT2D eigenvalue weighted by Crippen LogP contribution is 2.66. The van der Waals surface area contributed by atoms with Crippen LogP contribution in [-0.4, -0.2) is 61.6 Å². The summed E-state index contributed by atoms with van der Waals surface area (Å²) in [5.41, 5.74) is 2.39. The van der Waals surface area contributed by atoms with Gasteiger partial charge in [0.2, 0.25) is 0 Å². The molecule has 1 saturated carbocycles. The van der Waals surface area contributed by atoms with Crippen LogP contribution in [0.5, 0.6) is 5.75 Å². The van der Waals surface area contributed by atoms with E-state index in [2.05, 4.69) is 11.0 Å². The number of aliphatic hydroxyl groups is 1. The van der Waals surface area contributed by atoms with Gasteiger partial charge in [-0.1, -0.05) is 11.6 Å². The van der Waals surface area contributed by atoms with Crippen LogP contribution in [0.15, 0.2) is 34.8 Å². The topological polar surface area (TPSA) is 71.4 Å². The third kappa shape index (κ3) is 1.81. The van der Waals surface area contributed by atoms with E-state index in [4.69, 9.17) is 14.5 Å². The van der Waals surface area contributed by atoms with E-state index in [1.165, 1.54) is 12.7 Å². The van der Waals surface area contributed by atoms with Crippen molar-refractivity contribution in [1.82, 2.24) is 4.90 Å². The zero-order valence-electron chi connectivity index (χ0n) is 16.6. The molecular weight excluding hydrogens is 356 g/mol. The van der Waals surface area contributed by atoms with Crippen molar-refractivity contribution in [2.75, 3.05) is 33.9 Å². The van der Waals surface area contributed by atoms with Gasteiger partial charge in [0.15, 0.2) is 0 Å². The number of aliphatic hydroxyl groups excluding tert-OH is 1. The van der Waals surface area contributed by atoms with Crippen LogP contribution < -0.4 is 4.74 Å². The molecule has 0 radical (unpaired) electrons. The van der Waals surface area contributed by atoms with E-state index in [9.17, 15) is 9.90 Å². The summed E-state index contributed by atoms with van der Waals surface area (Å²) in [6, 6.07) is 6.08. The minimum atomic E-state index is -1.07. The number of aliphatic imine (C=N–C) groups is 1. The number of esters is 1. The van der Waals surface area contributed by atoms with Crippen LogP contribution in [0, 0.1) is 11.3 Å². The lowest BCUT2D eigenvalue weighted by Crippen LogP contribution is -2.74. The van der Waals surface area contributed by atoms with Crippen molar-refractivity contribution in [1.29, 1.82) is 0 Å². The van der Waals surface area contributed by atoms with E-state index in [1.807, 2.05) is 25.1 Å². The van der Waals surface area contributed by atoms with Gasteiger partial charge in [-0.25, -0.2) is 0 Å². The Morgan fingerprint density at radius 3 is 2.93 bits per heavy atom. The maximum atomic E-state index is 13.5. The number of carbonyl (C=O) groups is 1. The van der Waals surface area contributed by atoms with Crippen molar-refractivity contribution >= 4 is 17.4 Å². The van der Waals surface area contributed by atoms with Crippen molar-refractivity contribution in [3.05, 3.63) is 35.4 Å². The van der Waals surface area contributed by atoms with Crippen molar-refractivity contribution in [2.24, 2.45) is 16.3 Å². The first-order valence-corrected chi connectivity index (χ1v) is 9.93. The van der Waals surface area contributed by atoms with Crippen LogP contribution in [0.3, 0.4) is 0 Å². The Hall–Kier alpha value is -2.18. The summed E-state index contributed by atoms with van der Waals surface area (Å²) in [4.78, 5) is 21.0. The number of fused-ring (bicyclic) bond motifs is 2. The first-order chi connectivity index (χ1) is 13.6. The molecule has 148 valence electrons. The lowest BCUT2D eigenvalue weighted by molar-refractivity contribution is -0.170. The molecule has 3 bridgehead atoms. The molecule has 5 rings (SSSR count). The second-order valence-corrected chi connectivity index (χ2v) is 8.29. The van der Waals surface area contributed by atoms with Gasteiger partial charge in [-0.15, -0.1) is 0 Å². The summed E-state index contributed by atoms with van der Waals surface area (Å²) in [6.45, 7) is 3.45. The number of benzene rings is 1. The molecule has 1 N–H and O–H groups in total. The van der Waals surface area contributed by atoms with Crippen molar-refractivity contribution in [3.63, 3.8) is 0 Å². The highest BCUT2D eigenvalue weighted by molar-refractivity contribution is 6.11. The Morgan fingerprint density at radius 1 is 1.43 bits per heavy atom. The molecule has 6 nitrogen and oxygen atoms in total. The van der Waals surface area contributed by atoms with Gasteiger partial charge in [-0.05, 0) is 43.5 Å². The molecule has 3 aliphatic heterocycles. The summed E-state index contributed by atoms with van der Waals surface area (Å²) >= 11 is 0. The third-order valence-electron chi connectivity index (χ3n) is 7.69. The average Bonchev–Trinajstić information content (AvgIpc) is 3.08. The molecule has 3 heterocycles. The average molecular weight is 382 g/mol. The molecule has 0 amide bonds. The summed E-state index contributed by atoms with van der Waals surface area (Å²) < 4.78 is 10.9. The van der Waals surface area contributed by atoms with Crippen LogP contribution in [0.1, 0.15) is 25.3 Å². The Bertz CT molecular complexity index is 923. The fourth-order valence-electron chi connectivity index (χ4n) is 6.48. The van der Waals surface area contributed by atoms with Gasteiger partial charge in [0.05, 0.1) is 38.0 Å². The van der Waals surface area contributed by atoms with Crippen LogP contribution in [0.4, 0.5) is 5.69 Å². The quantitative estimate of drug-likeness (QED) is 0.641. The molecule has 6 heteroatoms. The number of ether oxygens (including phenoxy) is 2. The summed E-state index contributed by atoms with van der Waals surface area (Å²) in [5, 5.41) is 10.9. The van der Waals surface area contributed by atoms with Crippen LogP contribution in [0.2, 0.25) is 0 Å². The first-order valence-electron chi connectivity index (χ1n) is 9.93. The maximum Gasteiger partial charge on any atom is 0.316 e. The Morgan fingerprint density at radius 2 is 2.25 bits per heavy atom. The second-order valence-electron chi connectivity index (χ2n) is 8.29. The normalized spacial score (nSPS) is 36.7. The van der Waals surface area contributed by atoms with Gasteiger partial charge in [0.25, 0.3) is 0 Å². The maximum absolute atomic E-state index is 13.5. The Kier molecular flexibility index (Phi) is 3.77. The van der Waals surface area contributed by atoms with Gasteiger partial charge >= 0.3 is 5.97 Å². The third-order valence-corrected chi connectivity index (χ3v) is 7.69. The minimum Gasteiger partial charge on any atom is -0.497 e. The predicted octanol–water partition coefficient (Wildman–Crippen LogP) is 2.22. The minimum absolute atomic E-state index is 0.0624. The first kappa shape index (κ1) is 17.9. The highest BCUT2D eigenvalue weighted by Gasteiger charge is 2.73. The predicted molar refractivity (Wildman–Crippen MR) is 105 cm³/mol. The Balaban J connectivity index is 1.85. The van der Waals surface area contributed by atoms with E-state index < -0.39 is 10.8 Å². The molecule has 28 heavy (non-hydrogen) atoms. The van der Waals surface area contributed by atoms with Gasteiger partial charge in [0, 0.05) is 24.7 Å². The molecule has 4 atom stereocenters. The number of methoxy groups -OCH3 is 2. The summed E-state index contributed by atoms with van der Waals surface area (Å²) in [5.74, 6) is 0.342. The van der Waals surface area contributed by atoms with Crippen LogP contribution in [-0.2, 0) is 14.9 Å². The van der Waals surface area contributed by atoms with Crippen molar-refractivity contribution < 1.29 is 19.4 Å².